The number of nitrogens with zero attached hydrogens (tertiary/aromatic N) is 5. The molecule has 2 amide bonds. The normalized spacial score (nSPS) is 14.1. The molecule has 0 radical (unpaired) electrons. The number of urea groups is 1. The number of aromatic nitrogens is 3. The van der Waals surface area contributed by atoms with Crippen molar-refractivity contribution in [3.63, 3.8) is 0 Å². The van der Waals surface area contributed by atoms with E-state index >= 15 is 0 Å². The Hall–Kier alpha value is -3.42. The molecule has 1 aliphatic rings. The summed E-state index contributed by atoms with van der Waals surface area (Å²) >= 11 is 0. The van der Waals surface area contributed by atoms with Gasteiger partial charge in [0, 0.05) is 50.0 Å². The second-order valence-corrected chi connectivity index (χ2v) is 7.04. The molecule has 2 aromatic heterocycles. The lowest BCUT2D eigenvalue weighted by atomic mass is 10.2. The van der Waals surface area contributed by atoms with Crippen molar-refractivity contribution in [1.82, 2.24) is 20.0 Å². The zero-order valence-electron chi connectivity index (χ0n) is 16.6. The fourth-order valence-corrected chi connectivity index (χ4v) is 3.29. The van der Waals surface area contributed by atoms with Crippen LogP contribution in [0.4, 0.5) is 16.3 Å². The number of hydrogen-bond acceptors (Lipinski definition) is 6. The lowest BCUT2D eigenvalue weighted by Gasteiger charge is -2.35. The van der Waals surface area contributed by atoms with E-state index in [0.29, 0.717) is 31.2 Å². The van der Waals surface area contributed by atoms with Crippen molar-refractivity contribution in [2.45, 2.75) is 20.3 Å². The van der Waals surface area contributed by atoms with Gasteiger partial charge < -0.3 is 19.6 Å². The molecule has 0 spiro atoms. The molecule has 0 atom stereocenters. The summed E-state index contributed by atoms with van der Waals surface area (Å²) in [5, 5.41) is 6.95. The van der Waals surface area contributed by atoms with Gasteiger partial charge in [-0.3, -0.25) is 0 Å². The molecule has 1 saturated heterocycles. The minimum atomic E-state index is -0.0672. The van der Waals surface area contributed by atoms with Crippen molar-refractivity contribution >= 4 is 17.5 Å². The van der Waals surface area contributed by atoms with Gasteiger partial charge in [0.15, 0.2) is 0 Å². The third-order valence-corrected chi connectivity index (χ3v) is 4.94. The van der Waals surface area contributed by atoms with Crippen LogP contribution in [0.15, 0.2) is 47.1 Å². The Kier molecular flexibility index (Phi) is 5.41. The lowest BCUT2D eigenvalue weighted by molar-refractivity contribution is 0.208. The van der Waals surface area contributed by atoms with Crippen molar-refractivity contribution in [3.05, 3.63) is 54.0 Å². The van der Waals surface area contributed by atoms with Gasteiger partial charge in [-0.15, -0.1) is 0 Å². The zero-order chi connectivity index (χ0) is 20.2. The molecule has 1 aromatic carbocycles. The predicted octanol–water partition coefficient (Wildman–Crippen LogP) is 3.36. The van der Waals surface area contributed by atoms with Crippen molar-refractivity contribution < 1.29 is 9.32 Å². The van der Waals surface area contributed by atoms with Gasteiger partial charge >= 0.3 is 6.03 Å². The summed E-state index contributed by atoms with van der Waals surface area (Å²) in [6.07, 6.45) is 2.47. The number of rotatable bonds is 4. The van der Waals surface area contributed by atoms with E-state index in [0.717, 1.165) is 35.7 Å². The SMILES string of the molecule is CCc1nc(-c2ccc(N3CCN(C(=O)Nc4cccc(C)c4)CC3)nc2)no1. The van der Waals surface area contributed by atoms with E-state index in [1.165, 1.54) is 0 Å². The first-order valence-electron chi connectivity index (χ1n) is 9.79. The topological polar surface area (TPSA) is 87.4 Å². The molecular weight excluding hydrogens is 368 g/mol. The fourth-order valence-electron chi connectivity index (χ4n) is 3.29. The van der Waals surface area contributed by atoms with Crippen LogP contribution < -0.4 is 10.2 Å². The summed E-state index contributed by atoms with van der Waals surface area (Å²) in [6.45, 7) is 6.73. The van der Waals surface area contributed by atoms with Crippen LogP contribution in [-0.4, -0.2) is 52.2 Å². The van der Waals surface area contributed by atoms with Gasteiger partial charge in [0.2, 0.25) is 11.7 Å². The highest BCUT2D eigenvalue weighted by molar-refractivity contribution is 5.89. The molecular formula is C21H24N6O2. The Balaban J connectivity index is 1.33. The van der Waals surface area contributed by atoms with Crippen LogP contribution in [0.3, 0.4) is 0 Å². The molecule has 150 valence electrons. The first-order valence-corrected chi connectivity index (χ1v) is 9.79. The Bertz CT molecular complexity index is 977. The van der Waals surface area contributed by atoms with E-state index in [1.54, 1.807) is 6.20 Å². The minimum Gasteiger partial charge on any atom is -0.353 e. The molecule has 4 rings (SSSR count). The maximum Gasteiger partial charge on any atom is 0.321 e. The average molecular weight is 392 g/mol. The number of nitrogens with one attached hydrogen (secondary N) is 1. The van der Waals surface area contributed by atoms with Crippen LogP contribution in [0, 0.1) is 6.92 Å². The van der Waals surface area contributed by atoms with Gasteiger partial charge in [-0.2, -0.15) is 4.98 Å². The number of aryl methyl sites for hydroxylation is 2. The van der Waals surface area contributed by atoms with E-state index in [9.17, 15) is 4.79 Å². The largest absolute Gasteiger partial charge is 0.353 e. The summed E-state index contributed by atoms with van der Waals surface area (Å²) in [5.41, 5.74) is 2.77. The summed E-state index contributed by atoms with van der Waals surface area (Å²) < 4.78 is 5.16. The smallest absolute Gasteiger partial charge is 0.321 e. The van der Waals surface area contributed by atoms with E-state index < -0.39 is 0 Å². The Morgan fingerprint density at radius 2 is 2.00 bits per heavy atom. The number of anilines is 2. The number of amides is 2. The molecule has 0 aliphatic carbocycles. The van der Waals surface area contributed by atoms with Crippen LogP contribution >= 0.6 is 0 Å². The van der Waals surface area contributed by atoms with Crippen LogP contribution in [0.5, 0.6) is 0 Å². The number of piperazine rings is 1. The summed E-state index contributed by atoms with van der Waals surface area (Å²) in [5.74, 6) is 2.05. The summed E-state index contributed by atoms with van der Waals surface area (Å²) in [7, 11) is 0. The molecule has 0 bridgehead atoms. The second kappa shape index (κ2) is 8.30. The van der Waals surface area contributed by atoms with Gasteiger partial charge in [-0.1, -0.05) is 24.2 Å². The Morgan fingerprint density at radius 1 is 1.17 bits per heavy atom. The van der Waals surface area contributed by atoms with Gasteiger partial charge in [0.05, 0.1) is 0 Å². The fraction of sp³-hybridized carbons (Fsp3) is 0.333. The monoisotopic (exact) mass is 392 g/mol. The molecule has 3 aromatic rings. The van der Waals surface area contributed by atoms with Gasteiger partial charge in [-0.05, 0) is 36.8 Å². The van der Waals surface area contributed by atoms with Crippen LogP contribution in [-0.2, 0) is 6.42 Å². The van der Waals surface area contributed by atoms with Crippen molar-refractivity contribution in [2.75, 3.05) is 36.4 Å². The third kappa shape index (κ3) is 4.37. The molecule has 8 heteroatoms. The van der Waals surface area contributed by atoms with E-state index in [1.807, 2.05) is 55.1 Å². The summed E-state index contributed by atoms with van der Waals surface area (Å²) in [6, 6.07) is 11.7. The van der Waals surface area contributed by atoms with E-state index in [4.69, 9.17) is 4.52 Å². The van der Waals surface area contributed by atoms with Crippen molar-refractivity contribution in [3.8, 4) is 11.4 Å². The van der Waals surface area contributed by atoms with Crippen molar-refractivity contribution in [1.29, 1.82) is 0 Å². The highest BCUT2D eigenvalue weighted by Crippen LogP contribution is 2.20. The molecule has 8 nitrogen and oxygen atoms in total. The maximum absolute atomic E-state index is 12.5. The number of pyridine rings is 1. The molecule has 29 heavy (non-hydrogen) atoms. The quantitative estimate of drug-likeness (QED) is 0.733. The van der Waals surface area contributed by atoms with Gasteiger partial charge in [-0.25, -0.2) is 9.78 Å². The van der Waals surface area contributed by atoms with Crippen LogP contribution in [0.25, 0.3) is 11.4 Å². The number of carbonyl (C=O) groups excluding carboxylic acids is 1. The van der Waals surface area contributed by atoms with Crippen LogP contribution in [0.1, 0.15) is 18.4 Å². The van der Waals surface area contributed by atoms with Gasteiger partial charge in [0.25, 0.3) is 0 Å². The first-order chi connectivity index (χ1) is 14.1. The molecule has 3 heterocycles. The highest BCUT2D eigenvalue weighted by Gasteiger charge is 2.22. The highest BCUT2D eigenvalue weighted by atomic mass is 16.5. The molecule has 0 saturated carbocycles. The maximum atomic E-state index is 12.5. The number of benzene rings is 1. The van der Waals surface area contributed by atoms with Crippen molar-refractivity contribution in [2.24, 2.45) is 0 Å². The van der Waals surface area contributed by atoms with Crippen LogP contribution in [0.2, 0.25) is 0 Å². The van der Waals surface area contributed by atoms with E-state index in [-0.39, 0.29) is 6.03 Å². The standard InChI is InChI=1S/C21H24N6O2/c1-3-19-24-20(25-29-19)16-7-8-18(22-14-16)26-9-11-27(12-10-26)21(28)23-17-6-4-5-15(2)13-17/h4-8,13-14H,3,9-12H2,1-2H3,(H,23,28). The minimum absolute atomic E-state index is 0.0672. The molecule has 1 fully saturated rings. The summed E-state index contributed by atoms with van der Waals surface area (Å²) in [4.78, 5) is 25.4. The molecule has 1 aliphatic heterocycles. The average Bonchev–Trinajstić information content (AvgIpc) is 3.23. The predicted molar refractivity (Wildman–Crippen MR) is 111 cm³/mol. The number of carbonyl (C=O) groups is 1. The lowest BCUT2D eigenvalue weighted by Crippen LogP contribution is -2.50. The zero-order valence-corrected chi connectivity index (χ0v) is 16.6. The Labute approximate surface area is 169 Å². The third-order valence-electron chi connectivity index (χ3n) is 4.94. The Morgan fingerprint density at radius 3 is 2.66 bits per heavy atom. The first kappa shape index (κ1) is 18.9. The second-order valence-electron chi connectivity index (χ2n) is 7.04. The van der Waals surface area contributed by atoms with E-state index in [2.05, 4.69) is 25.3 Å². The molecule has 1 N–H and O–H groups in total. The van der Waals surface area contributed by atoms with Gasteiger partial charge in [0.1, 0.15) is 5.82 Å². The molecule has 0 unspecified atom stereocenters. The number of hydrogen-bond donors (Lipinski definition) is 1.